The molecule has 0 spiro atoms. The van der Waals surface area contributed by atoms with Crippen molar-refractivity contribution in [3.8, 4) is 0 Å². The van der Waals surface area contributed by atoms with Gasteiger partial charge in [0.2, 0.25) is 0 Å². The van der Waals surface area contributed by atoms with Crippen molar-refractivity contribution in [2.75, 3.05) is 33.2 Å². The van der Waals surface area contributed by atoms with Crippen LogP contribution in [0.25, 0.3) is 0 Å². The van der Waals surface area contributed by atoms with Gasteiger partial charge in [0.15, 0.2) is 0 Å². The number of hydrogen-bond acceptors (Lipinski definition) is 3. The summed E-state index contributed by atoms with van der Waals surface area (Å²) in [6.07, 6.45) is 5.46. The average molecular weight is 239 g/mol. The summed E-state index contributed by atoms with van der Waals surface area (Å²) in [6, 6.07) is 2.20. The normalized spacial score (nSPS) is 30.9. The number of rotatable bonds is 4. The van der Waals surface area contributed by atoms with Crippen LogP contribution in [-0.2, 0) is 0 Å². The van der Waals surface area contributed by atoms with E-state index in [1.807, 2.05) is 0 Å². The van der Waals surface area contributed by atoms with Crippen molar-refractivity contribution in [1.29, 1.82) is 0 Å². The SMILES string of the molecule is CNC(C)CC(C)N1CCCN2CCCC2C1. The van der Waals surface area contributed by atoms with E-state index >= 15 is 0 Å². The van der Waals surface area contributed by atoms with Crippen molar-refractivity contribution in [3.05, 3.63) is 0 Å². The van der Waals surface area contributed by atoms with E-state index in [0.717, 1.165) is 12.1 Å². The van der Waals surface area contributed by atoms with Gasteiger partial charge in [-0.15, -0.1) is 0 Å². The van der Waals surface area contributed by atoms with E-state index in [0.29, 0.717) is 6.04 Å². The van der Waals surface area contributed by atoms with E-state index in [1.165, 1.54) is 51.9 Å². The van der Waals surface area contributed by atoms with Gasteiger partial charge in [0, 0.05) is 24.7 Å². The lowest BCUT2D eigenvalue weighted by molar-refractivity contribution is 0.168. The highest BCUT2D eigenvalue weighted by molar-refractivity contribution is 4.87. The number of nitrogens with zero attached hydrogens (tertiary/aromatic N) is 2. The van der Waals surface area contributed by atoms with Crippen LogP contribution in [0.5, 0.6) is 0 Å². The molecule has 2 aliphatic rings. The van der Waals surface area contributed by atoms with Crippen molar-refractivity contribution in [1.82, 2.24) is 15.1 Å². The molecule has 2 heterocycles. The Morgan fingerprint density at radius 2 is 1.94 bits per heavy atom. The lowest BCUT2D eigenvalue weighted by Crippen LogP contribution is -2.43. The molecule has 3 atom stereocenters. The Balaban J connectivity index is 1.87. The third-order valence-electron chi connectivity index (χ3n) is 4.65. The second-order valence-corrected chi connectivity index (χ2v) is 5.95. The van der Waals surface area contributed by atoms with Crippen LogP contribution in [0, 0.1) is 0 Å². The molecule has 0 bridgehead atoms. The first kappa shape index (κ1) is 13.3. The number of hydrogen-bond donors (Lipinski definition) is 1. The molecule has 3 nitrogen and oxygen atoms in total. The highest BCUT2D eigenvalue weighted by Gasteiger charge is 2.30. The maximum absolute atomic E-state index is 3.36. The van der Waals surface area contributed by atoms with Crippen molar-refractivity contribution in [2.24, 2.45) is 0 Å². The molecule has 0 saturated carbocycles. The fraction of sp³-hybridized carbons (Fsp3) is 1.00. The largest absolute Gasteiger partial charge is 0.317 e. The van der Waals surface area contributed by atoms with Crippen molar-refractivity contribution in [3.63, 3.8) is 0 Å². The van der Waals surface area contributed by atoms with E-state index in [1.54, 1.807) is 0 Å². The van der Waals surface area contributed by atoms with E-state index in [2.05, 4.69) is 36.0 Å². The van der Waals surface area contributed by atoms with E-state index in [9.17, 15) is 0 Å². The molecule has 3 heteroatoms. The van der Waals surface area contributed by atoms with Crippen molar-refractivity contribution >= 4 is 0 Å². The van der Waals surface area contributed by atoms with E-state index < -0.39 is 0 Å². The fourth-order valence-electron chi connectivity index (χ4n) is 3.41. The fourth-order valence-corrected chi connectivity index (χ4v) is 3.41. The summed E-state index contributed by atoms with van der Waals surface area (Å²) < 4.78 is 0. The van der Waals surface area contributed by atoms with Crippen LogP contribution >= 0.6 is 0 Å². The van der Waals surface area contributed by atoms with Gasteiger partial charge in [0.05, 0.1) is 0 Å². The van der Waals surface area contributed by atoms with Crippen molar-refractivity contribution in [2.45, 2.75) is 57.7 Å². The van der Waals surface area contributed by atoms with Crippen LogP contribution in [0.2, 0.25) is 0 Å². The highest BCUT2D eigenvalue weighted by Crippen LogP contribution is 2.23. The van der Waals surface area contributed by atoms with Gasteiger partial charge in [0.1, 0.15) is 0 Å². The Bertz CT molecular complexity index is 232. The van der Waals surface area contributed by atoms with Gasteiger partial charge in [0.25, 0.3) is 0 Å². The van der Waals surface area contributed by atoms with Crippen LogP contribution in [0.1, 0.15) is 39.5 Å². The number of fused-ring (bicyclic) bond motifs is 1. The monoisotopic (exact) mass is 239 g/mol. The predicted molar refractivity (Wildman–Crippen MR) is 73.4 cm³/mol. The maximum atomic E-state index is 3.36. The molecule has 0 aliphatic carbocycles. The molecule has 2 aliphatic heterocycles. The molecule has 0 radical (unpaired) electrons. The average Bonchev–Trinajstić information content (AvgIpc) is 2.66. The molecule has 100 valence electrons. The predicted octanol–water partition coefficient (Wildman–Crippen LogP) is 1.54. The van der Waals surface area contributed by atoms with Gasteiger partial charge in [-0.05, 0) is 66.2 Å². The molecule has 0 aromatic carbocycles. The van der Waals surface area contributed by atoms with E-state index in [4.69, 9.17) is 0 Å². The molecule has 2 saturated heterocycles. The molecule has 2 rings (SSSR count). The molecular weight excluding hydrogens is 210 g/mol. The zero-order chi connectivity index (χ0) is 12.3. The van der Waals surface area contributed by atoms with Gasteiger partial charge in [-0.25, -0.2) is 0 Å². The van der Waals surface area contributed by atoms with E-state index in [-0.39, 0.29) is 0 Å². The van der Waals surface area contributed by atoms with Crippen LogP contribution in [-0.4, -0.2) is 61.2 Å². The summed E-state index contributed by atoms with van der Waals surface area (Å²) in [6.45, 7) is 9.96. The third kappa shape index (κ3) is 3.43. The molecule has 0 aromatic heterocycles. The summed E-state index contributed by atoms with van der Waals surface area (Å²) in [7, 11) is 2.07. The van der Waals surface area contributed by atoms with Gasteiger partial charge in [-0.3, -0.25) is 9.80 Å². The second kappa shape index (κ2) is 6.17. The summed E-state index contributed by atoms with van der Waals surface area (Å²) in [5, 5.41) is 3.36. The standard InChI is InChI=1S/C14H29N3/c1-12(15-3)10-13(2)17-9-5-8-16-7-4-6-14(16)11-17/h12-15H,4-11H2,1-3H3. The molecule has 3 unspecified atom stereocenters. The summed E-state index contributed by atoms with van der Waals surface area (Å²) in [5.74, 6) is 0. The Labute approximate surface area is 107 Å². The topological polar surface area (TPSA) is 18.5 Å². The van der Waals surface area contributed by atoms with Crippen LogP contribution in [0.15, 0.2) is 0 Å². The molecule has 2 fully saturated rings. The van der Waals surface area contributed by atoms with Crippen LogP contribution < -0.4 is 5.32 Å². The van der Waals surface area contributed by atoms with Gasteiger partial charge >= 0.3 is 0 Å². The first-order valence-electron chi connectivity index (χ1n) is 7.36. The first-order valence-corrected chi connectivity index (χ1v) is 7.36. The van der Waals surface area contributed by atoms with Gasteiger partial charge < -0.3 is 5.32 Å². The minimum atomic E-state index is 0.632. The zero-order valence-electron chi connectivity index (χ0n) is 11.8. The summed E-state index contributed by atoms with van der Waals surface area (Å²) >= 11 is 0. The lowest BCUT2D eigenvalue weighted by atomic mass is 10.1. The van der Waals surface area contributed by atoms with Crippen LogP contribution in [0.4, 0.5) is 0 Å². The third-order valence-corrected chi connectivity index (χ3v) is 4.65. The smallest absolute Gasteiger partial charge is 0.0223 e. The highest BCUT2D eigenvalue weighted by atomic mass is 15.3. The molecule has 17 heavy (non-hydrogen) atoms. The Kier molecular flexibility index (Phi) is 4.83. The Morgan fingerprint density at radius 1 is 1.18 bits per heavy atom. The lowest BCUT2D eigenvalue weighted by Gasteiger charge is -2.32. The van der Waals surface area contributed by atoms with Crippen molar-refractivity contribution < 1.29 is 0 Å². The molecule has 0 aromatic rings. The number of nitrogens with one attached hydrogen (secondary N) is 1. The quantitative estimate of drug-likeness (QED) is 0.803. The summed E-state index contributed by atoms with van der Waals surface area (Å²) in [4.78, 5) is 5.44. The summed E-state index contributed by atoms with van der Waals surface area (Å²) in [5.41, 5.74) is 0. The molecular formula is C14H29N3. The molecule has 1 N–H and O–H groups in total. The van der Waals surface area contributed by atoms with Crippen LogP contribution in [0.3, 0.4) is 0 Å². The minimum Gasteiger partial charge on any atom is -0.317 e. The Hall–Kier alpha value is -0.120. The van der Waals surface area contributed by atoms with Gasteiger partial charge in [-0.2, -0.15) is 0 Å². The minimum absolute atomic E-state index is 0.632. The second-order valence-electron chi connectivity index (χ2n) is 5.95. The van der Waals surface area contributed by atoms with Gasteiger partial charge in [-0.1, -0.05) is 0 Å². The maximum Gasteiger partial charge on any atom is 0.0223 e. The Morgan fingerprint density at radius 3 is 2.71 bits per heavy atom. The zero-order valence-corrected chi connectivity index (χ0v) is 11.8. The molecule has 0 amide bonds. The first-order chi connectivity index (χ1) is 8.20.